The molecule has 110 valence electrons. The summed E-state index contributed by atoms with van der Waals surface area (Å²) < 4.78 is 8.15. The van der Waals surface area contributed by atoms with Crippen molar-refractivity contribution < 1.29 is 14.7 Å². The van der Waals surface area contributed by atoms with Gasteiger partial charge in [-0.05, 0) is 31.4 Å². The Morgan fingerprint density at radius 1 is 1.33 bits per heavy atom. The number of anilines is 1. The molecule has 0 bridgehead atoms. The third kappa shape index (κ3) is 2.40. The van der Waals surface area contributed by atoms with Crippen LogP contribution in [0, 0.1) is 0 Å². The molecular weight excluding hydrogens is 316 g/mol. The van der Waals surface area contributed by atoms with Gasteiger partial charge in [-0.15, -0.1) is 0 Å². The topological polar surface area (TPSA) is 104 Å². The Hall–Kier alpha value is -1.93. The van der Waals surface area contributed by atoms with E-state index in [2.05, 4.69) is 19.4 Å². The average molecular weight is 327 g/mol. The predicted molar refractivity (Wildman–Crippen MR) is 78.8 cm³/mol. The van der Waals surface area contributed by atoms with Crippen molar-refractivity contribution in [3.63, 3.8) is 0 Å². The molecule has 3 N–H and O–H groups in total. The first-order valence-electron chi connectivity index (χ1n) is 6.25. The van der Waals surface area contributed by atoms with E-state index in [1.54, 1.807) is 12.1 Å². The number of amides is 2. The maximum Gasteiger partial charge on any atom is 0.329 e. The van der Waals surface area contributed by atoms with Gasteiger partial charge in [-0.2, -0.15) is 8.75 Å². The van der Waals surface area contributed by atoms with E-state index in [1.165, 1.54) is 0 Å². The molecule has 1 aromatic heterocycles. The zero-order valence-electron chi connectivity index (χ0n) is 10.7. The summed E-state index contributed by atoms with van der Waals surface area (Å²) in [4.78, 5) is 23.3. The molecule has 0 atom stereocenters. The molecule has 21 heavy (non-hydrogen) atoms. The van der Waals surface area contributed by atoms with Crippen LogP contribution in [0.15, 0.2) is 12.1 Å². The van der Waals surface area contributed by atoms with E-state index in [-0.39, 0.29) is 0 Å². The second-order valence-corrected chi connectivity index (χ2v) is 5.81. The van der Waals surface area contributed by atoms with Gasteiger partial charge in [-0.1, -0.05) is 11.6 Å². The SMILES string of the molecule is O=C(Nc1c(Cl)ccc2nsnc12)NC1(C(=O)O)CCC1. The molecule has 9 heteroatoms. The zero-order chi connectivity index (χ0) is 15.0. The summed E-state index contributed by atoms with van der Waals surface area (Å²) in [6, 6.07) is 2.70. The Morgan fingerprint density at radius 2 is 2.10 bits per heavy atom. The number of aliphatic carboxylic acids is 1. The van der Waals surface area contributed by atoms with E-state index >= 15 is 0 Å². The lowest BCUT2D eigenvalue weighted by Gasteiger charge is -2.38. The number of rotatable bonds is 3. The third-order valence-corrected chi connectivity index (χ3v) is 4.44. The van der Waals surface area contributed by atoms with Gasteiger partial charge in [0, 0.05) is 0 Å². The van der Waals surface area contributed by atoms with Crippen molar-refractivity contribution in [1.29, 1.82) is 0 Å². The van der Waals surface area contributed by atoms with Crippen LogP contribution in [0.4, 0.5) is 10.5 Å². The number of carbonyl (C=O) groups is 2. The van der Waals surface area contributed by atoms with E-state index in [4.69, 9.17) is 11.6 Å². The van der Waals surface area contributed by atoms with E-state index in [0.717, 1.165) is 18.1 Å². The summed E-state index contributed by atoms with van der Waals surface area (Å²) in [7, 11) is 0. The molecule has 1 fully saturated rings. The van der Waals surface area contributed by atoms with Gasteiger partial charge in [0.1, 0.15) is 16.6 Å². The first-order chi connectivity index (χ1) is 10.0. The number of urea groups is 1. The Labute approximate surface area is 128 Å². The summed E-state index contributed by atoms with van der Waals surface area (Å²) in [5.74, 6) is -1.02. The molecule has 7 nitrogen and oxygen atoms in total. The summed E-state index contributed by atoms with van der Waals surface area (Å²) >= 11 is 7.08. The molecule has 1 aliphatic rings. The largest absolute Gasteiger partial charge is 0.480 e. The smallest absolute Gasteiger partial charge is 0.329 e. The van der Waals surface area contributed by atoms with Gasteiger partial charge < -0.3 is 15.7 Å². The zero-order valence-corrected chi connectivity index (χ0v) is 12.3. The normalized spacial score (nSPS) is 16.2. The fourth-order valence-electron chi connectivity index (χ4n) is 2.23. The van der Waals surface area contributed by atoms with Crippen LogP contribution in [0.1, 0.15) is 19.3 Å². The van der Waals surface area contributed by atoms with Crippen molar-refractivity contribution in [1.82, 2.24) is 14.1 Å². The van der Waals surface area contributed by atoms with Crippen LogP contribution < -0.4 is 10.6 Å². The minimum absolute atomic E-state index is 0.323. The van der Waals surface area contributed by atoms with E-state index in [1.807, 2.05) is 0 Å². The fraction of sp³-hybridized carbons (Fsp3) is 0.333. The predicted octanol–water partition coefficient (Wildman–Crippen LogP) is 2.47. The summed E-state index contributed by atoms with van der Waals surface area (Å²) in [6.07, 6.45) is 1.62. The fourth-order valence-corrected chi connectivity index (χ4v) is 2.97. The van der Waals surface area contributed by atoms with Crippen molar-refractivity contribution in [2.24, 2.45) is 0 Å². The molecule has 1 aromatic carbocycles. The highest BCUT2D eigenvalue weighted by Crippen LogP contribution is 2.33. The van der Waals surface area contributed by atoms with Crippen LogP contribution in [0.2, 0.25) is 5.02 Å². The lowest BCUT2D eigenvalue weighted by atomic mass is 9.77. The minimum Gasteiger partial charge on any atom is -0.480 e. The number of aromatic nitrogens is 2. The monoisotopic (exact) mass is 326 g/mol. The average Bonchev–Trinajstić information content (AvgIpc) is 2.85. The molecular formula is C12H11ClN4O3S. The molecule has 0 radical (unpaired) electrons. The van der Waals surface area contributed by atoms with Crippen LogP contribution in [-0.2, 0) is 4.79 Å². The molecule has 0 unspecified atom stereocenters. The lowest BCUT2D eigenvalue weighted by Crippen LogP contribution is -2.60. The first-order valence-corrected chi connectivity index (χ1v) is 7.36. The number of hydrogen-bond acceptors (Lipinski definition) is 5. The van der Waals surface area contributed by atoms with Crippen LogP contribution in [0.3, 0.4) is 0 Å². The summed E-state index contributed by atoms with van der Waals surface area (Å²) in [5.41, 5.74) is 0.266. The molecule has 0 spiro atoms. The summed E-state index contributed by atoms with van der Waals surface area (Å²) in [6.45, 7) is 0. The van der Waals surface area contributed by atoms with Gasteiger partial charge in [-0.25, -0.2) is 9.59 Å². The Balaban J connectivity index is 1.82. The van der Waals surface area contributed by atoms with Gasteiger partial charge >= 0.3 is 12.0 Å². The first kappa shape index (κ1) is 14.0. The molecule has 0 aliphatic heterocycles. The van der Waals surface area contributed by atoms with Crippen molar-refractivity contribution >= 4 is 52.1 Å². The number of nitrogens with zero attached hydrogens (tertiary/aromatic N) is 2. The number of benzene rings is 1. The standard InChI is InChI=1S/C12H11ClN4O3S/c13-6-2-3-7-9(17-21-16-7)8(6)14-11(20)15-12(10(18)19)4-1-5-12/h2-3H,1,4-5H2,(H,18,19)(H2,14,15,20). The van der Waals surface area contributed by atoms with E-state index in [9.17, 15) is 14.7 Å². The maximum absolute atomic E-state index is 12.1. The van der Waals surface area contributed by atoms with E-state index in [0.29, 0.717) is 34.6 Å². The number of carboxylic acids is 1. The lowest BCUT2D eigenvalue weighted by molar-refractivity contribution is -0.148. The second kappa shape index (κ2) is 5.12. The van der Waals surface area contributed by atoms with Crippen LogP contribution in [0.25, 0.3) is 11.0 Å². The van der Waals surface area contributed by atoms with E-state index < -0.39 is 17.5 Å². The molecule has 2 amide bonds. The third-order valence-electron chi connectivity index (χ3n) is 3.58. The van der Waals surface area contributed by atoms with Crippen LogP contribution >= 0.6 is 23.3 Å². The highest BCUT2D eigenvalue weighted by atomic mass is 35.5. The van der Waals surface area contributed by atoms with Crippen molar-refractivity contribution in [2.45, 2.75) is 24.8 Å². The highest BCUT2D eigenvalue weighted by Gasteiger charge is 2.45. The number of hydrogen-bond donors (Lipinski definition) is 3. The second-order valence-electron chi connectivity index (χ2n) is 4.87. The molecule has 3 rings (SSSR count). The molecule has 1 heterocycles. The van der Waals surface area contributed by atoms with Gasteiger partial charge in [0.05, 0.1) is 22.4 Å². The van der Waals surface area contributed by atoms with Crippen molar-refractivity contribution in [3.8, 4) is 0 Å². The van der Waals surface area contributed by atoms with Crippen LogP contribution in [-0.4, -0.2) is 31.4 Å². The van der Waals surface area contributed by atoms with Crippen molar-refractivity contribution in [2.75, 3.05) is 5.32 Å². The van der Waals surface area contributed by atoms with Gasteiger partial charge in [0.2, 0.25) is 0 Å². The number of carbonyl (C=O) groups excluding carboxylic acids is 1. The van der Waals surface area contributed by atoms with Gasteiger partial charge in [0.15, 0.2) is 0 Å². The Kier molecular flexibility index (Phi) is 3.42. The maximum atomic E-state index is 12.1. The number of fused-ring (bicyclic) bond motifs is 1. The molecule has 2 aromatic rings. The Bertz CT molecular complexity index is 728. The molecule has 1 saturated carbocycles. The highest BCUT2D eigenvalue weighted by molar-refractivity contribution is 7.00. The van der Waals surface area contributed by atoms with Gasteiger partial charge in [0.25, 0.3) is 0 Å². The summed E-state index contributed by atoms with van der Waals surface area (Å²) in [5, 5.41) is 14.6. The van der Waals surface area contributed by atoms with Gasteiger partial charge in [-0.3, -0.25) is 0 Å². The van der Waals surface area contributed by atoms with Crippen LogP contribution in [0.5, 0.6) is 0 Å². The number of nitrogens with one attached hydrogen (secondary N) is 2. The van der Waals surface area contributed by atoms with Crippen molar-refractivity contribution in [3.05, 3.63) is 17.2 Å². The molecule has 0 saturated heterocycles. The molecule has 1 aliphatic carbocycles. The number of halogens is 1. The number of carboxylic acid groups (broad SMARTS) is 1. The Morgan fingerprint density at radius 3 is 2.71 bits per heavy atom. The quantitative estimate of drug-likeness (QED) is 0.803. The minimum atomic E-state index is -1.18.